The van der Waals surface area contributed by atoms with Gasteiger partial charge < -0.3 is 70.7 Å². The lowest BCUT2D eigenvalue weighted by Crippen LogP contribution is -2.52. The van der Waals surface area contributed by atoms with E-state index < -0.39 is 0 Å². The van der Waals surface area contributed by atoms with Crippen LogP contribution < -0.4 is 56.0 Å². The molecule has 10 aliphatic rings. The van der Waals surface area contributed by atoms with E-state index in [-0.39, 0.29) is 5.91 Å². The maximum atomic E-state index is 11.3. The first-order chi connectivity index (χ1) is 63.2. The van der Waals surface area contributed by atoms with Gasteiger partial charge in [-0.05, 0) is 264 Å². The number of nitrogens with two attached hydrogens (primary N) is 1. The van der Waals surface area contributed by atoms with Gasteiger partial charge in [0.25, 0.3) is 0 Å². The fourth-order valence-electron chi connectivity index (χ4n) is 20.2. The summed E-state index contributed by atoms with van der Waals surface area (Å²) in [6.45, 7) is 67.4. The Hall–Kier alpha value is -7.75. The molecule has 18 nitrogen and oxygen atoms in total. The second-order valence-corrected chi connectivity index (χ2v) is 41.5. The number of amides is 1. The highest BCUT2D eigenvalue weighted by atomic mass is 16.2. The van der Waals surface area contributed by atoms with Crippen LogP contribution in [0.25, 0.3) is 0 Å². The van der Waals surface area contributed by atoms with Crippen molar-refractivity contribution >= 4 is 45.7 Å². The van der Waals surface area contributed by atoms with Crippen molar-refractivity contribution in [2.24, 2.45) is 5.73 Å². The lowest BCUT2D eigenvalue weighted by molar-refractivity contribution is -0.129. The van der Waals surface area contributed by atoms with Crippen LogP contribution in [0.4, 0.5) is 39.8 Å². The second-order valence-electron chi connectivity index (χ2n) is 41.5. The molecule has 10 saturated heterocycles. The van der Waals surface area contributed by atoms with Crippen molar-refractivity contribution in [3.05, 3.63) is 209 Å². The summed E-state index contributed by atoms with van der Waals surface area (Å²) in [7, 11) is 6.62. The molecule has 7 aromatic carbocycles. The van der Waals surface area contributed by atoms with Crippen molar-refractivity contribution in [2.45, 2.75) is 240 Å². The number of benzene rings is 7. The van der Waals surface area contributed by atoms with Gasteiger partial charge in [0.15, 0.2) is 0 Å². The minimum absolute atomic E-state index is 0.185. The zero-order valence-electron chi connectivity index (χ0n) is 85.2. The molecular formula is C113H179N17O. The maximum Gasteiger partial charge on any atom is 0.219 e. The number of nitrogens with one attached hydrogen (secondary N) is 3. The van der Waals surface area contributed by atoms with Gasteiger partial charge in [0.1, 0.15) is 0 Å². The van der Waals surface area contributed by atoms with Crippen LogP contribution in [0.5, 0.6) is 0 Å². The molecule has 0 bridgehead atoms. The molecule has 5 N–H and O–H groups in total. The Morgan fingerprint density at radius 3 is 0.748 bits per heavy atom. The van der Waals surface area contributed by atoms with E-state index in [1.165, 1.54) is 248 Å². The number of nitrogens with zero attached hydrogens (tertiary/aromatic N) is 13. The van der Waals surface area contributed by atoms with Crippen LogP contribution in [0.2, 0.25) is 0 Å². The lowest BCUT2D eigenvalue weighted by atomic mass is 10.00. The molecule has 1 amide bonds. The third-order valence-corrected chi connectivity index (χ3v) is 29.8. The molecule has 0 aliphatic carbocycles. The topological polar surface area (TPSA) is 121 Å². The van der Waals surface area contributed by atoms with Crippen molar-refractivity contribution in [3.8, 4) is 0 Å². The molecule has 18 heteroatoms. The molecule has 0 radical (unpaired) electrons. The monoisotopic (exact) mass is 1790 g/mol. The molecule has 17 rings (SSSR count). The third-order valence-electron chi connectivity index (χ3n) is 29.8. The summed E-state index contributed by atoms with van der Waals surface area (Å²) in [5.41, 5.74) is 25.4. The van der Waals surface area contributed by atoms with Crippen LogP contribution in [0, 0.1) is 0 Å². The molecule has 722 valence electrons. The molecule has 10 heterocycles. The van der Waals surface area contributed by atoms with Crippen molar-refractivity contribution in [1.29, 1.82) is 0 Å². The minimum atomic E-state index is 0.185. The van der Waals surface area contributed by atoms with E-state index in [1.807, 2.05) is 4.90 Å². The molecular weight excluding hydrogens is 1610 g/mol. The predicted octanol–water partition coefficient (Wildman–Crippen LogP) is 19.2. The highest BCUT2D eigenvalue weighted by Gasteiger charge is 2.31. The first-order valence-corrected chi connectivity index (χ1v) is 51.8. The Morgan fingerprint density at radius 1 is 0.267 bits per heavy atom. The second kappa shape index (κ2) is 53.5. The van der Waals surface area contributed by atoms with Crippen molar-refractivity contribution in [3.63, 3.8) is 0 Å². The predicted molar refractivity (Wildman–Crippen MR) is 565 cm³/mol. The summed E-state index contributed by atoms with van der Waals surface area (Å²) < 4.78 is 0. The number of hydrogen-bond donors (Lipinski definition) is 4. The smallest absolute Gasteiger partial charge is 0.219 e. The van der Waals surface area contributed by atoms with E-state index >= 15 is 0 Å². The average molecular weight is 1790 g/mol. The standard InChI is InChI=1S/C19H31N3.2C18H29N3.C16H26N2.C15H22N2O.C14H22N2.C13H20N2/c1-16(2)17-4-6-18(7-5-17)21-10-8-19(9-11-21)22-14-12-20(3)13-15-22;1-15(2)16-3-5-17(6-4-16)20-11-7-18(8-12-20)21-13-9-19-10-14-21;1-15(2)16-3-5-17(6-4-16)20-11-13-21(14-12-20)18-7-9-19-10-8-18;1-13(2)14-5-7-16(8-6-14)18-11-9-15(10-12-18)17(3)4;1-12(2)14-4-6-15(7-5-14)17-10-8-16(9-11-17)13(3)18;1-11(2)12-3-5-14(6-4-12)16-9-7-13(15)8-10-16;1-11(2)12-3-5-13(6-4-12)15-9-7-14-8-10-15/h4-7,16,19H,8-15H2,1-3H3;2*3-6,15,18-19H,7-14H2,1-2H3;5-8,13,15H,9-12H2,1-4H3;4-7,12H,8-11H2,1-3H3;3-6,11,13H,7-10,15H2,1-2H3;3-6,11,14H,7-10H2,1-2H3. The molecule has 10 fully saturated rings. The van der Waals surface area contributed by atoms with Gasteiger partial charge in [0.2, 0.25) is 5.91 Å². The molecule has 0 aromatic heterocycles. The average Bonchev–Trinajstić information content (AvgIpc) is 0.843. The number of likely N-dealkylation sites (N-methyl/N-ethyl adjacent to an activating group) is 1. The van der Waals surface area contributed by atoms with Gasteiger partial charge in [-0.15, -0.1) is 0 Å². The van der Waals surface area contributed by atoms with E-state index in [2.05, 4.69) is 363 Å². The number of carbonyl (C=O) groups excluding carboxylic acids is 1. The fraction of sp³-hybridized carbons (Fsp3) is 0.619. The van der Waals surface area contributed by atoms with E-state index in [0.717, 1.165) is 116 Å². The first kappa shape index (κ1) is 104. The van der Waals surface area contributed by atoms with Gasteiger partial charge in [-0.2, -0.15) is 0 Å². The van der Waals surface area contributed by atoms with E-state index in [9.17, 15) is 4.79 Å². The van der Waals surface area contributed by atoms with Gasteiger partial charge in [-0.25, -0.2) is 0 Å². The molecule has 0 spiro atoms. The van der Waals surface area contributed by atoms with Gasteiger partial charge in [-0.3, -0.25) is 19.5 Å². The summed E-state index contributed by atoms with van der Waals surface area (Å²) >= 11 is 0. The van der Waals surface area contributed by atoms with Crippen molar-refractivity contribution in [2.75, 3.05) is 252 Å². The fourth-order valence-corrected chi connectivity index (χ4v) is 20.2. The molecule has 0 atom stereocenters. The van der Waals surface area contributed by atoms with Crippen LogP contribution in [-0.2, 0) is 4.79 Å². The van der Waals surface area contributed by atoms with Crippen LogP contribution in [0.1, 0.15) is 248 Å². The zero-order valence-corrected chi connectivity index (χ0v) is 85.2. The molecule has 0 saturated carbocycles. The summed E-state index contributed by atoms with van der Waals surface area (Å²) in [5, 5.41) is 10.3. The number of carbonyl (C=O) groups is 1. The number of piperazine rings is 5. The number of piperidine rings is 5. The van der Waals surface area contributed by atoms with Crippen molar-refractivity contribution in [1.82, 2.24) is 45.3 Å². The Kier molecular flexibility index (Phi) is 42.4. The highest BCUT2D eigenvalue weighted by Crippen LogP contribution is 2.33. The van der Waals surface area contributed by atoms with Crippen LogP contribution in [0.3, 0.4) is 0 Å². The Labute approximate surface area is 797 Å². The van der Waals surface area contributed by atoms with E-state index in [1.54, 1.807) is 6.92 Å². The molecule has 10 aliphatic heterocycles. The van der Waals surface area contributed by atoms with Crippen LogP contribution in [-0.4, -0.2) is 283 Å². The number of rotatable bonds is 18. The van der Waals surface area contributed by atoms with Crippen molar-refractivity contribution < 1.29 is 4.79 Å². The summed E-state index contributed by atoms with van der Waals surface area (Å²) in [4.78, 5) is 43.5. The zero-order chi connectivity index (χ0) is 93.3. The Morgan fingerprint density at radius 2 is 0.481 bits per heavy atom. The van der Waals surface area contributed by atoms with E-state index in [4.69, 9.17) is 5.73 Å². The van der Waals surface area contributed by atoms with Gasteiger partial charge in [0, 0.05) is 260 Å². The van der Waals surface area contributed by atoms with Gasteiger partial charge >= 0.3 is 0 Å². The molecule has 7 aromatic rings. The quantitative estimate of drug-likeness (QED) is 0.0651. The summed E-state index contributed by atoms with van der Waals surface area (Å²) in [6, 6.07) is 67.1. The number of anilines is 7. The Balaban J connectivity index is 0.000000148. The van der Waals surface area contributed by atoms with Crippen LogP contribution >= 0.6 is 0 Å². The normalized spacial score (nSPS) is 19.7. The molecule has 0 unspecified atom stereocenters. The van der Waals surface area contributed by atoms with Gasteiger partial charge in [-0.1, -0.05) is 182 Å². The maximum absolute atomic E-state index is 11.3. The minimum Gasteiger partial charge on any atom is -0.371 e. The first-order valence-electron chi connectivity index (χ1n) is 51.8. The number of hydrogen-bond acceptors (Lipinski definition) is 17. The SMILES string of the molecule is CC(=O)N1CCN(c2ccc(C(C)C)cc2)CC1.CC(C)c1ccc(N2CCC(N(C)C)CC2)cc1.CC(C)c1ccc(N2CCC(N)CC2)cc1.CC(C)c1ccc(N2CCC(N3CCN(C)CC3)CC2)cc1.CC(C)c1ccc(N2CCC(N3CCNCC3)CC2)cc1.CC(C)c1ccc(N2CCN(C3CCNCC3)CC2)cc1.CC(C)c1ccc(N2CCNCC2)cc1. The Bertz CT molecular complexity index is 4150. The summed E-state index contributed by atoms with van der Waals surface area (Å²) in [5.74, 6) is 4.49. The van der Waals surface area contributed by atoms with E-state index in [0.29, 0.717) is 47.5 Å². The third kappa shape index (κ3) is 32.8. The van der Waals surface area contributed by atoms with Crippen LogP contribution in [0.15, 0.2) is 170 Å². The largest absolute Gasteiger partial charge is 0.371 e. The van der Waals surface area contributed by atoms with Gasteiger partial charge in [0.05, 0.1) is 0 Å². The lowest BCUT2D eigenvalue weighted by Gasteiger charge is -2.42. The summed E-state index contributed by atoms with van der Waals surface area (Å²) in [6.07, 6.45) is 12.7. The molecule has 131 heavy (non-hydrogen) atoms. The highest BCUT2D eigenvalue weighted by molar-refractivity contribution is 5.73.